The van der Waals surface area contributed by atoms with Gasteiger partial charge in [-0.2, -0.15) is 0 Å². The van der Waals surface area contributed by atoms with Crippen LogP contribution < -0.4 is 5.32 Å². The highest BCUT2D eigenvalue weighted by atomic mass is 16.2. The fourth-order valence-corrected chi connectivity index (χ4v) is 2.52. The second kappa shape index (κ2) is 2.71. The van der Waals surface area contributed by atoms with Crippen molar-refractivity contribution < 1.29 is 4.79 Å². The van der Waals surface area contributed by atoms with Crippen molar-refractivity contribution in [1.82, 2.24) is 10.2 Å². The molecule has 2 rings (SSSR count). The number of nitrogens with zero attached hydrogens (tertiary/aromatic N) is 1. The van der Waals surface area contributed by atoms with Crippen LogP contribution in [0.5, 0.6) is 0 Å². The maximum Gasteiger partial charge on any atom is 0.238 e. The third-order valence-electron chi connectivity index (χ3n) is 3.31. The number of amides is 1. The van der Waals surface area contributed by atoms with Crippen molar-refractivity contribution in [2.24, 2.45) is 5.92 Å². The molecule has 2 heterocycles. The largest absolute Gasteiger partial charge is 0.337 e. The van der Waals surface area contributed by atoms with Gasteiger partial charge in [0.2, 0.25) is 5.91 Å². The molecule has 2 fully saturated rings. The molecule has 2 aliphatic rings. The smallest absolute Gasteiger partial charge is 0.238 e. The van der Waals surface area contributed by atoms with Crippen LogP contribution >= 0.6 is 0 Å². The second-order valence-electron chi connectivity index (χ2n) is 4.89. The summed E-state index contributed by atoms with van der Waals surface area (Å²) in [5, 5.41) is 3.04. The SMILES string of the molecule is CC1CCN2C(C1)C(=O)NC2(C)C. The maximum atomic E-state index is 11.6. The predicted octanol–water partition coefficient (Wildman–Crippen LogP) is 0.953. The summed E-state index contributed by atoms with van der Waals surface area (Å²) in [6.07, 6.45) is 2.24. The van der Waals surface area contributed by atoms with Gasteiger partial charge in [-0.15, -0.1) is 0 Å². The zero-order valence-electron chi connectivity index (χ0n) is 8.63. The Morgan fingerprint density at radius 3 is 2.92 bits per heavy atom. The molecule has 0 saturated carbocycles. The van der Waals surface area contributed by atoms with E-state index in [0.717, 1.165) is 13.0 Å². The highest BCUT2D eigenvalue weighted by Crippen LogP contribution is 2.32. The lowest BCUT2D eigenvalue weighted by molar-refractivity contribution is -0.122. The number of nitrogens with one attached hydrogen (secondary N) is 1. The van der Waals surface area contributed by atoms with E-state index in [1.54, 1.807) is 0 Å². The number of piperidine rings is 1. The quantitative estimate of drug-likeness (QED) is 0.605. The Labute approximate surface area is 79.5 Å². The zero-order valence-corrected chi connectivity index (χ0v) is 8.63. The first kappa shape index (κ1) is 9.00. The topological polar surface area (TPSA) is 32.3 Å². The molecular weight excluding hydrogens is 164 g/mol. The average molecular weight is 182 g/mol. The van der Waals surface area contributed by atoms with E-state index in [2.05, 4.69) is 31.0 Å². The lowest BCUT2D eigenvalue weighted by Gasteiger charge is -2.38. The molecule has 2 saturated heterocycles. The number of carbonyl (C=O) groups is 1. The van der Waals surface area contributed by atoms with Gasteiger partial charge in [0.05, 0.1) is 11.7 Å². The van der Waals surface area contributed by atoms with Gasteiger partial charge in [0, 0.05) is 6.54 Å². The van der Waals surface area contributed by atoms with Gasteiger partial charge in [0.25, 0.3) is 0 Å². The van der Waals surface area contributed by atoms with Crippen molar-refractivity contribution >= 4 is 5.91 Å². The molecular formula is C10H18N2O. The molecule has 3 heteroatoms. The molecule has 0 aromatic carbocycles. The molecule has 1 N–H and O–H groups in total. The van der Waals surface area contributed by atoms with Crippen LogP contribution in [0.3, 0.4) is 0 Å². The standard InChI is InChI=1S/C10H18N2O/c1-7-4-5-12-8(6-7)9(13)11-10(12,2)3/h7-8H,4-6H2,1-3H3,(H,11,13). The van der Waals surface area contributed by atoms with Crippen LogP contribution in [0.25, 0.3) is 0 Å². The van der Waals surface area contributed by atoms with Crippen molar-refractivity contribution in [1.29, 1.82) is 0 Å². The molecule has 0 bridgehead atoms. The summed E-state index contributed by atoms with van der Waals surface area (Å²) in [6, 6.07) is 0.138. The van der Waals surface area contributed by atoms with Gasteiger partial charge in [-0.05, 0) is 32.6 Å². The first-order valence-electron chi connectivity index (χ1n) is 5.09. The third kappa shape index (κ3) is 1.35. The van der Waals surface area contributed by atoms with Gasteiger partial charge >= 0.3 is 0 Å². The highest BCUT2D eigenvalue weighted by Gasteiger charge is 2.46. The Kier molecular flexibility index (Phi) is 1.88. The fraction of sp³-hybridized carbons (Fsp3) is 0.900. The summed E-state index contributed by atoms with van der Waals surface area (Å²) in [7, 11) is 0. The minimum absolute atomic E-state index is 0.123. The molecule has 0 aliphatic carbocycles. The number of carbonyl (C=O) groups excluding carboxylic acids is 1. The van der Waals surface area contributed by atoms with Crippen molar-refractivity contribution in [2.75, 3.05) is 6.54 Å². The average Bonchev–Trinajstić information content (AvgIpc) is 2.22. The highest BCUT2D eigenvalue weighted by molar-refractivity contribution is 5.84. The van der Waals surface area contributed by atoms with Gasteiger partial charge in [-0.25, -0.2) is 0 Å². The molecule has 74 valence electrons. The van der Waals surface area contributed by atoms with E-state index >= 15 is 0 Å². The third-order valence-corrected chi connectivity index (χ3v) is 3.31. The van der Waals surface area contributed by atoms with E-state index in [1.165, 1.54) is 6.42 Å². The lowest BCUT2D eigenvalue weighted by Crippen LogP contribution is -2.50. The van der Waals surface area contributed by atoms with Crippen LogP contribution in [0.2, 0.25) is 0 Å². The monoisotopic (exact) mass is 182 g/mol. The number of fused-ring (bicyclic) bond motifs is 1. The van der Waals surface area contributed by atoms with Gasteiger partial charge < -0.3 is 5.32 Å². The Balaban J connectivity index is 2.20. The van der Waals surface area contributed by atoms with Crippen LogP contribution in [-0.2, 0) is 4.79 Å². The minimum atomic E-state index is -0.123. The molecule has 2 atom stereocenters. The van der Waals surface area contributed by atoms with Crippen molar-refractivity contribution in [2.45, 2.75) is 45.3 Å². The molecule has 0 spiro atoms. The number of hydrogen-bond acceptors (Lipinski definition) is 2. The molecule has 2 aliphatic heterocycles. The summed E-state index contributed by atoms with van der Waals surface area (Å²) < 4.78 is 0. The second-order valence-corrected chi connectivity index (χ2v) is 4.89. The summed E-state index contributed by atoms with van der Waals surface area (Å²) in [5.41, 5.74) is -0.123. The van der Waals surface area contributed by atoms with Crippen LogP contribution in [0.4, 0.5) is 0 Å². The molecule has 3 nitrogen and oxygen atoms in total. The molecule has 1 amide bonds. The molecule has 0 radical (unpaired) electrons. The van der Waals surface area contributed by atoms with E-state index in [0.29, 0.717) is 5.92 Å². The van der Waals surface area contributed by atoms with Crippen molar-refractivity contribution in [3.63, 3.8) is 0 Å². The normalized spacial score (nSPS) is 38.5. The van der Waals surface area contributed by atoms with Crippen molar-refractivity contribution in [3.05, 3.63) is 0 Å². The van der Waals surface area contributed by atoms with E-state index in [-0.39, 0.29) is 17.6 Å². The van der Waals surface area contributed by atoms with Crippen LogP contribution in [0.1, 0.15) is 33.6 Å². The van der Waals surface area contributed by atoms with Crippen molar-refractivity contribution in [3.8, 4) is 0 Å². The zero-order chi connectivity index (χ0) is 9.64. The van der Waals surface area contributed by atoms with Gasteiger partial charge in [-0.1, -0.05) is 6.92 Å². The van der Waals surface area contributed by atoms with E-state index in [1.807, 2.05) is 0 Å². The predicted molar refractivity (Wildman–Crippen MR) is 51.1 cm³/mol. The maximum absolute atomic E-state index is 11.6. The number of rotatable bonds is 0. The summed E-state index contributed by atoms with van der Waals surface area (Å²) in [5.74, 6) is 0.914. The van der Waals surface area contributed by atoms with Gasteiger partial charge in [-0.3, -0.25) is 9.69 Å². The molecule has 0 aromatic rings. The fourth-order valence-electron chi connectivity index (χ4n) is 2.52. The lowest BCUT2D eigenvalue weighted by atomic mass is 9.92. The first-order valence-corrected chi connectivity index (χ1v) is 5.09. The first-order chi connectivity index (χ1) is 6.00. The Bertz CT molecular complexity index is 237. The van der Waals surface area contributed by atoms with Gasteiger partial charge in [0.1, 0.15) is 0 Å². The summed E-state index contributed by atoms with van der Waals surface area (Å²) in [6.45, 7) is 7.45. The van der Waals surface area contributed by atoms with E-state index in [4.69, 9.17) is 0 Å². The van der Waals surface area contributed by atoms with Crippen LogP contribution in [-0.4, -0.2) is 29.1 Å². The molecule has 0 aromatic heterocycles. The Morgan fingerprint density at radius 1 is 1.54 bits per heavy atom. The van der Waals surface area contributed by atoms with Crippen LogP contribution in [0.15, 0.2) is 0 Å². The summed E-state index contributed by atoms with van der Waals surface area (Å²) in [4.78, 5) is 13.9. The van der Waals surface area contributed by atoms with E-state index in [9.17, 15) is 4.79 Å². The Hall–Kier alpha value is -0.570. The molecule has 2 unspecified atom stereocenters. The molecule has 13 heavy (non-hydrogen) atoms. The summed E-state index contributed by atoms with van der Waals surface area (Å²) >= 11 is 0. The number of hydrogen-bond donors (Lipinski definition) is 1. The van der Waals surface area contributed by atoms with Crippen LogP contribution in [0, 0.1) is 5.92 Å². The minimum Gasteiger partial charge on any atom is -0.337 e. The van der Waals surface area contributed by atoms with E-state index < -0.39 is 0 Å². The Morgan fingerprint density at radius 2 is 2.23 bits per heavy atom. The van der Waals surface area contributed by atoms with Gasteiger partial charge in [0.15, 0.2) is 0 Å².